The minimum absolute atomic E-state index is 0.218. The summed E-state index contributed by atoms with van der Waals surface area (Å²) >= 11 is 1.22. The molecule has 11 heteroatoms. The first kappa shape index (κ1) is 22.3. The number of amides is 1. The maximum Gasteiger partial charge on any atom is 0.416 e. The van der Waals surface area contributed by atoms with Gasteiger partial charge in [0.15, 0.2) is 5.65 Å². The van der Waals surface area contributed by atoms with E-state index in [0.717, 1.165) is 22.9 Å². The van der Waals surface area contributed by atoms with E-state index in [4.69, 9.17) is 4.74 Å². The van der Waals surface area contributed by atoms with E-state index in [1.165, 1.54) is 23.5 Å². The number of hydrogen-bond acceptors (Lipinski definition) is 5. The largest absolute Gasteiger partial charge is 0.416 e. The predicted molar refractivity (Wildman–Crippen MR) is 115 cm³/mol. The van der Waals surface area contributed by atoms with Crippen molar-refractivity contribution in [3.8, 4) is 5.69 Å². The normalized spacial score (nSPS) is 13.2. The number of ether oxygens (including phenoxy) is 1. The number of aliphatic hydroxyl groups excluding tert-OH is 1. The van der Waals surface area contributed by atoms with Crippen LogP contribution in [0.2, 0.25) is 0 Å². The number of carbonyl (C=O) groups excluding carboxylic acids is 1. The summed E-state index contributed by atoms with van der Waals surface area (Å²) in [5, 5.41) is 18.3. The Labute approximate surface area is 185 Å². The molecule has 0 saturated heterocycles. The highest BCUT2D eigenvalue weighted by atomic mass is 32.1. The summed E-state index contributed by atoms with van der Waals surface area (Å²) in [7, 11) is 3.30. The van der Waals surface area contributed by atoms with Gasteiger partial charge in [-0.05, 0) is 36.8 Å². The van der Waals surface area contributed by atoms with Crippen LogP contribution in [0.5, 0.6) is 0 Å². The van der Waals surface area contributed by atoms with E-state index in [-0.39, 0.29) is 12.5 Å². The van der Waals surface area contributed by atoms with Crippen molar-refractivity contribution in [3.63, 3.8) is 0 Å². The van der Waals surface area contributed by atoms with Crippen LogP contribution in [-0.4, -0.2) is 51.7 Å². The van der Waals surface area contributed by atoms with Crippen LogP contribution in [0.1, 0.15) is 21.7 Å². The lowest BCUT2D eigenvalue weighted by Crippen LogP contribution is -2.37. The molecule has 1 aromatic carbocycles. The lowest BCUT2D eigenvalue weighted by Gasteiger charge is -2.15. The molecule has 0 saturated carbocycles. The van der Waals surface area contributed by atoms with Crippen LogP contribution >= 0.6 is 11.3 Å². The number of rotatable bonds is 7. The van der Waals surface area contributed by atoms with Crippen LogP contribution in [0, 0.1) is 0 Å². The number of thiophene rings is 1. The van der Waals surface area contributed by atoms with Crippen LogP contribution in [0.25, 0.3) is 26.9 Å². The van der Waals surface area contributed by atoms with Crippen LogP contribution in [-0.2, 0) is 18.0 Å². The Hall–Kier alpha value is -2.89. The van der Waals surface area contributed by atoms with E-state index in [2.05, 4.69) is 10.4 Å². The number of nitrogens with one attached hydrogen (secondary N) is 1. The van der Waals surface area contributed by atoms with Gasteiger partial charge in [-0.3, -0.25) is 14.0 Å². The quantitative estimate of drug-likeness (QED) is 0.435. The van der Waals surface area contributed by atoms with Gasteiger partial charge in [-0.2, -0.15) is 18.3 Å². The monoisotopic (exact) mass is 466 g/mol. The van der Waals surface area contributed by atoms with Crippen LogP contribution in [0.4, 0.5) is 13.2 Å². The maximum absolute atomic E-state index is 13.0. The van der Waals surface area contributed by atoms with Crippen molar-refractivity contribution in [1.82, 2.24) is 19.7 Å². The molecule has 0 radical (unpaired) electrons. The molecule has 7 nitrogen and oxygen atoms in total. The standard InChI is InChI=1S/C21H21F3N4O3S/c1-27-10-16-15-9-17(19(30)25-13(11-29)7-8-31-2)32-20(15)28(18(16)26-27)14-5-3-12(4-6-14)21(22,23)24/h3-6,9-10,13,29H,7-8,11H2,1-2H3,(H,25,30)/t13-/m1/s1. The zero-order valence-corrected chi connectivity index (χ0v) is 18.1. The summed E-state index contributed by atoms with van der Waals surface area (Å²) < 4.78 is 47.3. The molecule has 0 aliphatic carbocycles. The predicted octanol–water partition coefficient (Wildman–Crippen LogP) is 3.72. The molecule has 32 heavy (non-hydrogen) atoms. The Kier molecular flexibility index (Phi) is 5.97. The Balaban J connectivity index is 1.76. The highest BCUT2D eigenvalue weighted by Crippen LogP contribution is 2.37. The summed E-state index contributed by atoms with van der Waals surface area (Å²) in [4.78, 5) is 13.9. The van der Waals surface area contributed by atoms with E-state index in [0.29, 0.717) is 34.1 Å². The Morgan fingerprint density at radius 2 is 2.00 bits per heavy atom. The van der Waals surface area contributed by atoms with E-state index >= 15 is 0 Å². The van der Waals surface area contributed by atoms with Gasteiger partial charge in [0.1, 0.15) is 4.83 Å². The number of aliphatic hydroxyl groups is 1. The van der Waals surface area contributed by atoms with Gasteiger partial charge in [-0.25, -0.2) is 0 Å². The van der Waals surface area contributed by atoms with Gasteiger partial charge < -0.3 is 15.2 Å². The molecule has 1 amide bonds. The van der Waals surface area contributed by atoms with Gasteiger partial charge >= 0.3 is 6.18 Å². The number of methoxy groups -OCH3 is 1. The van der Waals surface area contributed by atoms with Gasteiger partial charge in [0.25, 0.3) is 5.91 Å². The molecular weight excluding hydrogens is 445 g/mol. The molecule has 4 aromatic rings. The fourth-order valence-electron chi connectivity index (χ4n) is 3.55. The minimum Gasteiger partial charge on any atom is -0.394 e. The lowest BCUT2D eigenvalue weighted by atomic mass is 10.2. The second kappa shape index (κ2) is 8.57. The van der Waals surface area contributed by atoms with Crippen molar-refractivity contribution >= 4 is 38.5 Å². The van der Waals surface area contributed by atoms with Crippen molar-refractivity contribution in [2.75, 3.05) is 20.3 Å². The molecule has 0 spiro atoms. The van der Waals surface area contributed by atoms with Crippen LogP contribution in [0.3, 0.4) is 0 Å². The molecule has 0 aliphatic rings. The molecule has 3 heterocycles. The molecule has 0 fully saturated rings. The number of hydrogen-bond donors (Lipinski definition) is 2. The third kappa shape index (κ3) is 4.10. The Morgan fingerprint density at radius 3 is 2.62 bits per heavy atom. The summed E-state index contributed by atoms with van der Waals surface area (Å²) in [5.41, 5.74) is 0.367. The smallest absolute Gasteiger partial charge is 0.394 e. The second-order valence-corrected chi connectivity index (χ2v) is 8.41. The van der Waals surface area contributed by atoms with Crippen molar-refractivity contribution < 1.29 is 27.8 Å². The van der Waals surface area contributed by atoms with E-state index in [9.17, 15) is 23.1 Å². The van der Waals surface area contributed by atoms with Gasteiger partial charge in [0.2, 0.25) is 0 Å². The van der Waals surface area contributed by atoms with E-state index in [1.807, 2.05) is 6.20 Å². The zero-order valence-electron chi connectivity index (χ0n) is 17.3. The minimum atomic E-state index is -4.43. The summed E-state index contributed by atoms with van der Waals surface area (Å²) in [6.07, 6.45) is -2.15. The molecule has 170 valence electrons. The number of alkyl halides is 3. The average molecular weight is 466 g/mol. The third-order valence-electron chi connectivity index (χ3n) is 5.13. The summed E-state index contributed by atoms with van der Waals surface area (Å²) in [5.74, 6) is -0.336. The van der Waals surface area contributed by atoms with Crippen LogP contribution in [0.15, 0.2) is 36.5 Å². The fraction of sp³-hybridized carbons (Fsp3) is 0.333. The average Bonchev–Trinajstić information content (AvgIpc) is 3.40. The molecule has 0 unspecified atom stereocenters. The molecule has 0 bridgehead atoms. The lowest BCUT2D eigenvalue weighted by molar-refractivity contribution is -0.137. The number of aryl methyl sites for hydroxylation is 1. The highest BCUT2D eigenvalue weighted by Gasteiger charge is 2.30. The first-order valence-corrected chi connectivity index (χ1v) is 10.6. The Bertz CT molecular complexity index is 1260. The van der Waals surface area contributed by atoms with Crippen LogP contribution < -0.4 is 5.32 Å². The molecule has 4 rings (SSSR count). The number of carbonyl (C=O) groups is 1. The highest BCUT2D eigenvalue weighted by molar-refractivity contribution is 7.20. The number of benzene rings is 1. The molecular formula is C21H21F3N4O3S. The number of aromatic nitrogens is 3. The van der Waals surface area contributed by atoms with Crippen molar-refractivity contribution in [3.05, 3.63) is 47.0 Å². The van der Waals surface area contributed by atoms with Crippen molar-refractivity contribution in [2.24, 2.45) is 7.05 Å². The SMILES string of the molecule is COCC[C@H](CO)NC(=O)c1cc2c3cn(C)nc3n(-c3ccc(C(F)(F)F)cc3)c2s1. The number of fused-ring (bicyclic) bond motifs is 3. The van der Waals surface area contributed by atoms with E-state index in [1.54, 1.807) is 29.5 Å². The van der Waals surface area contributed by atoms with Gasteiger partial charge in [0.05, 0.1) is 23.1 Å². The molecule has 0 aliphatic heterocycles. The summed E-state index contributed by atoms with van der Waals surface area (Å²) in [6.45, 7) is 0.178. The first-order valence-electron chi connectivity index (χ1n) is 9.78. The third-order valence-corrected chi connectivity index (χ3v) is 6.25. The zero-order chi connectivity index (χ0) is 23.0. The molecule has 2 N–H and O–H groups in total. The van der Waals surface area contributed by atoms with Gasteiger partial charge in [-0.15, -0.1) is 11.3 Å². The maximum atomic E-state index is 13.0. The Morgan fingerprint density at radius 1 is 1.28 bits per heavy atom. The van der Waals surface area contributed by atoms with Crippen molar-refractivity contribution in [2.45, 2.75) is 18.6 Å². The van der Waals surface area contributed by atoms with Crippen molar-refractivity contribution in [1.29, 1.82) is 0 Å². The van der Waals surface area contributed by atoms with E-state index < -0.39 is 17.8 Å². The molecule has 1 atom stereocenters. The van der Waals surface area contributed by atoms with Gasteiger partial charge in [0, 0.05) is 43.4 Å². The first-order chi connectivity index (χ1) is 15.2. The number of nitrogens with zero attached hydrogens (tertiary/aromatic N) is 3. The second-order valence-electron chi connectivity index (χ2n) is 7.38. The topological polar surface area (TPSA) is 81.3 Å². The fourth-order valence-corrected chi connectivity index (χ4v) is 4.64. The number of halogens is 3. The van der Waals surface area contributed by atoms with Gasteiger partial charge in [-0.1, -0.05) is 0 Å². The molecule has 3 aromatic heterocycles. The summed E-state index contributed by atoms with van der Waals surface area (Å²) in [6, 6.07) is 6.13.